The molecule has 9 heteroatoms. The molecule has 1 aliphatic carbocycles. The van der Waals surface area contributed by atoms with E-state index >= 15 is 0 Å². The molecule has 5 rings (SSSR count). The van der Waals surface area contributed by atoms with Crippen LogP contribution in [0.5, 0.6) is 0 Å². The van der Waals surface area contributed by atoms with Crippen molar-refractivity contribution in [3.8, 4) is 11.4 Å². The van der Waals surface area contributed by atoms with Crippen molar-refractivity contribution >= 4 is 17.0 Å². The Morgan fingerprint density at radius 1 is 1.09 bits per heavy atom. The van der Waals surface area contributed by atoms with Crippen LogP contribution < -0.4 is 5.32 Å². The van der Waals surface area contributed by atoms with Gasteiger partial charge in [-0.3, -0.25) is 9.58 Å². The van der Waals surface area contributed by atoms with Gasteiger partial charge in [-0.05, 0) is 26.7 Å². The molecule has 4 heterocycles. The van der Waals surface area contributed by atoms with E-state index in [1.807, 2.05) is 25.0 Å². The SMILES string of the molecule is Cc1nn(C)c(C)c1-c1nc(NCCN2CCOCC2)c2ncn(C3CCCCC3)c2n1. The topological polar surface area (TPSA) is 85.9 Å². The van der Waals surface area contributed by atoms with Gasteiger partial charge in [0, 0.05) is 45.0 Å². The number of nitrogens with zero attached hydrogens (tertiary/aromatic N) is 7. The van der Waals surface area contributed by atoms with Crippen molar-refractivity contribution in [2.75, 3.05) is 44.7 Å². The largest absolute Gasteiger partial charge is 0.379 e. The van der Waals surface area contributed by atoms with Crippen LogP contribution in [0.15, 0.2) is 6.33 Å². The predicted octanol–water partition coefficient (Wildman–Crippen LogP) is 3.09. The van der Waals surface area contributed by atoms with Gasteiger partial charge < -0.3 is 14.6 Å². The van der Waals surface area contributed by atoms with Crippen LogP contribution in [-0.4, -0.2) is 73.6 Å². The summed E-state index contributed by atoms with van der Waals surface area (Å²) < 4.78 is 9.66. The fraction of sp³-hybridized carbons (Fsp3) is 0.652. The molecule has 0 radical (unpaired) electrons. The molecule has 32 heavy (non-hydrogen) atoms. The minimum atomic E-state index is 0.466. The van der Waals surface area contributed by atoms with E-state index in [9.17, 15) is 0 Å². The monoisotopic (exact) mass is 438 g/mol. The van der Waals surface area contributed by atoms with Crippen molar-refractivity contribution < 1.29 is 4.74 Å². The van der Waals surface area contributed by atoms with E-state index in [2.05, 4.69) is 26.8 Å². The third-order valence-corrected chi connectivity index (χ3v) is 6.95. The van der Waals surface area contributed by atoms with Crippen LogP contribution in [0.1, 0.15) is 49.5 Å². The first-order valence-electron chi connectivity index (χ1n) is 11.9. The summed E-state index contributed by atoms with van der Waals surface area (Å²) in [6, 6.07) is 0.466. The van der Waals surface area contributed by atoms with Crippen LogP contribution in [0.25, 0.3) is 22.6 Å². The number of fused-ring (bicyclic) bond motifs is 1. The third kappa shape index (κ3) is 4.11. The first kappa shape index (κ1) is 21.3. The van der Waals surface area contributed by atoms with E-state index < -0.39 is 0 Å². The molecular formula is C23H34N8O. The Bertz CT molecular complexity index is 1080. The van der Waals surface area contributed by atoms with Crippen molar-refractivity contribution in [1.29, 1.82) is 0 Å². The third-order valence-electron chi connectivity index (χ3n) is 6.95. The molecule has 0 atom stereocenters. The average Bonchev–Trinajstić information content (AvgIpc) is 3.35. The molecule has 1 aliphatic heterocycles. The molecule has 0 amide bonds. The summed E-state index contributed by atoms with van der Waals surface area (Å²) in [6.07, 6.45) is 8.22. The van der Waals surface area contributed by atoms with Crippen LogP contribution in [0.2, 0.25) is 0 Å². The summed E-state index contributed by atoms with van der Waals surface area (Å²) in [5.74, 6) is 1.54. The smallest absolute Gasteiger partial charge is 0.167 e. The Labute approximate surface area is 189 Å². The number of ether oxygens (including phenoxy) is 1. The number of nitrogens with one attached hydrogen (secondary N) is 1. The molecule has 0 aromatic carbocycles. The quantitative estimate of drug-likeness (QED) is 0.633. The molecule has 1 N–H and O–H groups in total. The predicted molar refractivity (Wildman–Crippen MR) is 125 cm³/mol. The van der Waals surface area contributed by atoms with E-state index in [-0.39, 0.29) is 0 Å². The second-order valence-corrected chi connectivity index (χ2v) is 9.06. The number of aromatic nitrogens is 6. The first-order valence-corrected chi connectivity index (χ1v) is 11.9. The number of anilines is 1. The highest BCUT2D eigenvalue weighted by molar-refractivity contribution is 5.85. The molecule has 0 bridgehead atoms. The molecule has 2 fully saturated rings. The average molecular weight is 439 g/mol. The van der Waals surface area contributed by atoms with Crippen LogP contribution in [0.3, 0.4) is 0 Å². The molecule has 3 aromatic rings. The number of hydrogen-bond acceptors (Lipinski definition) is 7. The Balaban J connectivity index is 1.51. The fourth-order valence-corrected chi connectivity index (χ4v) is 5.03. The maximum absolute atomic E-state index is 5.47. The Morgan fingerprint density at radius 2 is 1.88 bits per heavy atom. The number of rotatable bonds is 6. The van der Waals surface area contributed by atoms with Gasteiger partial charge in [0.15, 0.2) is 17.3 Å². The van der Waals surface area contributed by atoms with Gasteiger partial charge in [0.2, 0.25) is 0 Å². The van der Waals surface area contributed by atoms with Crippen LogP contribution in [0, 0.1) is 13.8 Å². The summed E-state index contributed by atoms with van der Waals surface area (Å²) in [4.78, 5) is 17.2. The normalized spacial score (nSPS) is 18.5. The highest BCUT2D eigenvalue weighted by Gasteiger charge is 2.23. The highest BCUT2D eigenvalue weighted by atomic mass is 16.5. The van der Waals surface area contributed by atoms with Crippen LogP contribution in [0.4, 0.5) is 5.82 Å². The van der Waals surface area contributed by atoms with E-state index in [1.165, 1.54) is 32.1 Å². The van der Waals surface area contributed by atoms with E-state index in [1.54, 1.807) is 0 Å². The summed E-state index contributed by atoms with van der Waals surface area (Å²) in [5, 5.41) is 8.17. The van der Waals surface area contributed by atoms with E-state index in [0.717, 1.165) is 79.2 Å². The number of hydrogen-bond donors (Lipinski definition) is 1. The lowest BCUT2D eigenvalue weighted by Crippen LogP contribution is -2.39. The summed E-state index contributed by atoms with van der Waals surface area (Å²) in [6.45, 7) is 9.46. The molecule has 0 unspecified atom stereocenters. The Kier molecular flexibility index (Phi) is 6.10. The van der Waals surface area contributed by atoms with Gasteiger partial charge in [-0.25, -0.2) is 15.0 Å². The molecule has 172 valence electrons. The molecule has 1 saturated carbocycles. The number of aryl methyl sites for hydroxylation is 2. The van der Waals surface area contributed by atoms with Gasteiger partial charge in [-0.2, -0.15) is 5.10 Å². The van der Waals surface area contributed by atoms with Gasteiger partial charge in [0.1, 0.15) is 5.52 Å². The fourth-order valence-electron chi connectivity index (χ4n) is 5.03. The molecule has 0 spiro atoms. The minimum Gasteiger partial charge on any atom is -0.379 e. The molecule has 3 aromatic heterocycles. The van der Waals surface area contributed by atoms with Gasteiger partial charge >= 0.3 is 0 Å². The van der Waals surface area contributed by atoms with Crippen LogP contribution >= 0.6 is 0 Å². The van der Waals surface area contributed by atoms with Crippen molar-refractivity contribution in [2.45, 2.75) is 52.0 Å². The standard InChI is InChI=1S/C23H34N8O/c1-16-19(17(2)29(3)28-16)21-26-22(24-9-10-30-11-13-32-14-12-30)20-23(27-21)31(15-25-20)18-7-5-4-6-8-18/h15,18H,4-14H2,1-3H3,(H,24,26,27). The van der Waals surface area contributed by atoms with Crippen molar-refractivity contribution in [3.05, 3.63) is 17.7 Å². The van der Waals surface area contributed by atoms with Gasteiger partial charge in [0.25, 0.3) is 0 Å². The zero-order valence-electron chi connectivity index (χ0n) is 19.5. The highest BCUT2D eigenvalue weighted by Crippen LogP contribution is 2.33. The second kappa shape index (κ2) is 9.15. The lowest BCUT2D eigenvalue weighted by Gasteiger charge is -2.26. The summed E-state index contributed by atoms with van der Waals surface area (Å²) in [5.41, 5.74) is 4.83. The van der Waals surface area contributed by atoms with Crippen LogP contribution in [-0.2, 0) is 11.8 Å². The zero-order chi connectivity index (χ0) is 22.1. The van der Waals surface area contributed by atoms with Crippen molar-refractivity contribution in [2.24, 2.45) is 7.05 Å². The first-order chi connectivity index (χ1) is 15.6. The molecule has 9 nitrogen and oxygen atoms in total. The number of morpholine rings is 1. The van der Waals surface area contributed by atoms with Crippen molar-refractivity contribution in [1.82, 2.24) is 34.2 Å². The maximum Gasteiger partial charge on any atom is 0.167 e. The van der Waals surface area contributed by atoms with E-state index in [4.69, 9.17) is 19.7 Å². The Morgan fingerprint density at radius 3 is 2.59 bits per heavy atom. The molecular weight excluding hydrogens is 404 g/mol. The summed E-state index contributed by atoms with van der Waals surface area (Å²) in [7, 11) is 1.97. The lowest BCUT2D eigenvalue weighted by atomic mass is 9.95. The maximum atomic E-state index is 5.47. The van der Waals surface area contributed by atoms with Gasteiger partial charge in [0.05, 0.1) is 30.8 Å². The van der Waals surface area contributed by atoms with Crippen molar-refractivity contribution in [3.63, 3.8) is 0 Å². The summed E-state index contributed by atoms with van der Waals surface area (Å²) >= 11 is 0. The molecule has 1 saturated heterocycles. The van der Waals surface area contributed by atoms with Gasteiger partial charge in [-0.1, -0.05) is 19.3 Å². The van der Waals surface area contributed by atoms with E-state index in [0.29, 0.717) is 6.04 Å². The molecule has 2 aliphatic rings. The zero-order valence-corrected chi connectivity index (χ0v) is 19.5. The van der Waals surface area contributed by atoms with Gasteiger partial charge in [-0.15, -0.1) is 0 Å². The second-order valence-electron chi connectivity index (χ2n) is 9.06. The Hall–Kier alpha value is -2.52. The minimum absolute atomic E-state index is 0.466. The lowest BCUT2D eigenvalue weighted by molar-refractivity contribution is 0.0398. The number of imidazole rings is 1.